The van der Waals surface area contributed by atoms with Crippen molar-refractivity contribution in [1.29, 1.82) is 0 Å². The maximum absolute atomic E-state index is 12.7. The normalized spacial score (nSPS) is 11.5. The lowest BCUT2D eigenvalue weighted by Gasteiger charge is -2.20. The molecule has 13 heteroatoms. The van der Waals surface area contributed by atoms with Crippen LogP contribution in [-0.4, -0.2) is 47.5 Å². The summed E-state index contributed by atoms with van der Waals surface area (Å²) in [6.07, 6.45) is 2.14. The number of benzene rings is 2. The molecule has 2 aromatic carbocycles. The highest BCUT2D eigenvalue weighted by atomic mass is 32.2. The quantitative estimate of drug-likeness (QED) is 0.118. The summed E-state index contributed by atoms with van der Waals surface area (Å²) in [6.45, 7) is 7.45. The van der Waals surface area contributed by atoms with Crippen molar-refractivity contribution in [3.8, 4) is 0 Å². The minimum atomic E-state index is -3.70. The first-order chi connectivity index (χ1) is 18.4. The minimum Gasteiger partial charge on any atom is -0.352 e. The molecule has 208 valence electrons. The molecule has 0 aliphatic carbocycles. The van der Waals surface area contributed by atoms with Gasteiger partial charge in [-0.15, -0.1) is 0 Å². The maximum atomic E-state index is 12.7. The zero-order valence-electron chi connectivity index (χ0n) is 22.2. The number of aromatic nitrogens is 2. The van der Waals surface area contributed by atoms with E-state index in [9.17, 15) is 18.0 Å². The molecule has 3 aromatic rings. The summed E-state index contributed by atoms with van der Waals surface area (Å²) in [5, 5.41) is 17.4. The van der Waals surface area contributed by atoms with Crippen molar-refractivity contribution in [2.45, 2.75) is 51.0 Å². The first-order valence-corrected chi connectivity index (χ1v) is 13.7. The largest absolute Gasteiger partial charge is 0.352 e. The van der Waals surface area contributed by atoms with E-state index in [0.717, 1.165) is 5.56 Å². The third-order valence-electron chi connectivity index (χ3n) is 5.21. The summed E-state index contributed by atoms with van der Waals surface area (Å²) < 4.78 is 28.1. The molecule has 0 fully saturated rings. The van der Waals surface area contributed by atoms with E-state index in [2.05, 4.69) is 30.6 Å². The number of amides is 2. The molecular formula is C26H33N7O5S. The Labute approximate surface area is 227 Å². The summed E-state index contributed by atoms with van der Waals surface area (Å²) in [4.78, 5) is 32.2. The van der Waals surface area contributed by atoms with Crippen LogP contribution >= 0.6 is 0 Å². The fourth-order valence-corrected chi connectivity index (χ4v) is 4.88. The molecule has 0 saturated heterocycles. The van der Waals surface area contributed by atoms with Gasteiger partial charge in [0.05, 0.1) is 4.90 Å². The highest BCUT2D eigenvalue weighted by Gasteiger charge is 2.22. The number of aryl methyl sites for hydroxylation is 1. The van der Waals surface area contributed by atoms with Gasteiger partial charge < -0.3 is 16.0 Å². The summed E-state index contributed by atoms with van der Waals surface area (Å²) in [6, 6.07) is 13.2. The highest BCUT2D eigenvalue weighted by molar-refractivity contribution is 7.89. The topological polar surface area (TPSA) is 174 Å². The van der Waals surface area contributed by atoms with Crippen LogP contribution in [0.1, 0.15) is 49.5 Å². The van der Waals surface area contributed by atoms with Gasteiger partial charge in [0.2, 0.25) is 21.9 Å². The van der Waals surface area contributed by atoms with Crippen LogP contribution in [0.5, 0.6) is 0 Å². The summed E-state index contributed by atoms with van der Waals surface area (Å²) in [5.74, 6) is 0.00883. The van der Waals surface area contributed by atoms with Crippen LogP contribution in [-0.2, 0) is 14.8 Å². The second-order valence-corrected chi connectivity index (χ2v) is 11.5. The number of hydroxylamine groups is 1. The van der Waals surface area contributed by atoms with E-state index in [-0.39, 0.29) is 17.2 Å². The van der Waals surface area contributed by atoms with Crippen molar-refractivity contribution in [1.82, 2.24) is 25.5 Å². The molecule has 39 heavy (non-hydrogen) atoms. The number of hydrogen-bond acceptors (Lipinski definition) is 9. The van der Waals surface area contributed by atoms with E-state index in [4.69, 9.17) is 5.21 Å². The number of carbonyl (C=O) groups excluding carboxylic acids is 2. The highest BCUT2D eigenvalue weighted by Crippen LogP contribution is 2.23. The Hall–Kier alpha value is -4.07. The van der Waals surface area contributed by atoms with E-state index in [1.165, 1.54) is 12.1 Å². The summed E-state index contributed by atoms with van der Waals surface area (Å²) >= 11 is 0. The Morgan fingerprint density at radius 1 is 1.00 bits per heavy atom. The number of sulfonamides is 1. The number of nitrogens with one attached hydrogen (secondary N) is 5. The van der Waals surface area contributed by atoms with Gasteiger partial charge in [-0.2, -0.15) is 4.98 Å². The zero-order valence-corrected chi connectivity index (χ0v) is 23.0. The van der Waals surface area contributed by atoms with Gasteiger partial charge in [-0.25, -0.2) is 23.6 Å². The third-order valence-corrected chi connectivity index (χ3v) is 6.97. The predicted octanol–water partition coefficient (Wildman–Crippen LogP) is 3.36. The van der Waals surface area contributed by atoms with E-state index in [0.29, 0.717) is 41.7 Å². The molecule has 1 heterocycles. The van der Waals surface area contributed by atoms with E-state index in [1.807, 2.05) is 6.92 Å². The molecule has 0 bridgehead atoms. The van der Waals surface area contributed by atoms with Gasteiger partial charge >= 0.3 is 0 Å². The Bertz CT molecular complexity index is 1420. The molecule has 6 N–H and O–H groups in total. The van der Waals surface area contributed by atoms with E-state index in [1.54, 1.807) is 68.8 Å². The van der Waals surface area contributed by atoms with Crippen LogP contribution in [0.2, 0.25) is 0 Å². The van der Waals surface area contributed by atoms with Crippen molar-refractivity contribution in [2.75, 3.05) is 17.2 Å². The van der Waals surface area contributed by atoms with Crippen molar-refractivity contribution >= 4 is 45.0 Å². The van der Waals surface area contributed by atoms with Crippen LogP contribution in [0.25, 0.3) is 0 Å². The van der Waals surface area contributed by atoms with Crippen molar-refractivity contribution < 1.29 is 23.2 Å². The molecule has 0 unspecified atom stereocenters. The molecule has 0 spiro atoms. The van der Waals surface area contributed by atoms with Crippen LogP contribution in [0.15, 0.2) is 59.6 Å². The van der Waals surface area contributed by atoms with Gasteiger partial charge in [0.1, 0.15) is 5.82 Å². The average Bonchev–Trinajstić information content (AvgIpc) is 2.87. The van der Waals surface area contributed by atoms with Crippen molar-refractivity contribution in [3.63, 3.8) is 0 Å². The lowest BCUT2D eigenvalue weighted by atomic mass is 10.1. The molecule has 0 radical (unpaired) electrons. The zero-order chi connectivity index (χ0) is 28.6. The van der Waals surface area contributed by atoms with Gasteiger partial charge in [-0.1, -0.05) is 6.07 Å². The molecule has 0 aliphatic rings. The number of anilines is 4. The SMILES string of the molecule is Cc1cnc(Nc2ccc(C(=O)NCCCC(=O)NO)cc2)nc1Nc1cccc(S(=O)(=O)NC(C)(C)C)c1. The molecular weight excluding hydrogens is 522 g/mol. The van der Waals surface area contributed by atoms with Crippen LogP contribution in [0.4, 0.5) is 23.1 Å². The number of hydrogen-bond donors (Lipinski definition) is 6. The fraction of sp³-hybridized carbons (Fsp3) is 0.308. The van der Waals surface area contributed by atoms with Gasteiger partial charge in [0, 0.05) is 47.2 Å². The van der Waals surface area contributed by atoms with Crippen molar-refractivity contribution in [2.24, 2.45) is 0 Å². The second-order valence-electron chi connectivity index (χ2n) is 9.83. The fourth-order valence-electron chi connectivity index (χ4n) is 3.41. The lowest BCUT2D eigenvalue weighted by molar-refractivity contribution is -0.129. The first-order valence-electron chi connectivity index (χ1n) is 12.2. The van der Waals surface area contributed by atoms with Gasteiger partial charge in [0.15, 0.2) is 0 Å². The Morgan fingerprint density at radius 2 is 1.72 bits per heavy atom. The average molecular weight is 556 g/mol. The minimum absolute atomic E-state index is 0.103. The first kappa shape index (κ1) is 29.5. The molecule has 0 saturated carbocycles. The number of rotatable bonds is 11. The second kappa shape index (κ2) is 12.7. The maximum Gasteiger partial charge on any atom is 0.251 e. The van der Waals surface area contributed by atoms with Crippen LogP contribution in [0, 0.1) is 6.92 Å². The Kier molecular flexibility index (Phi) is 9.56. The predicted molar refractivity (Wildman–Crippen MR) is 148 cm³/mol. The molecule has 1 aromatic heterocycles. The number of carbonyl (C=O) groups is 2. The smallest absolute Gasteiger partial charge is 0.251 e. The molecule has 2 amide bonds. The van der Waals surface area contributed by atoms with E-state index >= 15 is 0 Å². The third kappa shape index (κ3) is 9.02. The van der Waals surface area contributed by atoms with Gasteiger partial charge in [0.25, 0.3) is 5.91 Å². The standard InChI is InChI=1S/C26H33N7O5S/c1-17-16-28-25(30-19-12-10-18(11-13-19)24(35)27-14-6-9-22(34)32-36)31-23(17)29-20-7-5-8-21(15-20)39(37,38)33-26(2,3)4/h5,7-8,10-13,15-16,33,36H,6,9,14H2,1-4H3,(H,27,35)(H,32,34)(H2,28,29,30,31). The van der Waals surface area contributed by atoms with Crippen LogP contribution in [0.3, 0.4) is 0 Å². The Morgan fingerprint density at radius 3 is 2.38 bits per heavy atom. The summed E-state index contributed by atoms with van der Waals surface area (Å²) in [5.41, 5.74) is 3.33. The number of nitrogens with zero attached hydrogens (tertiary/aromatic N) is 2. The Balaban J connectivity index is 1.66. The molecule has 3 rings (SSSR count). The molecule has 0 aliphatic heterocycles. The van der Waals surface area contributed by atoms with E-state index < -0.39 is 21.5 Å². The molecule has 0 atom stereocenters. The lowest BCUT2D eigenvalue weighted by Crippen LogP contribution is -2.40. The van der Waals surface area contributed by atoms with Gasteiger partial charge in [-0.3, -0.25) is 14.8 Å². The summed E-state index contributed by atoms with van der Waals surface area (Å²) in [7, 11) is -3.70. The van der Waals surface area contributed by atoms with Crippen molar-refractivity contribution in [3.05, 3.63) is 65.9 Å². The molecule has 12 nitrogen and oxygen atoms in total. The monoisotopic (exact) mass is 555 g/mol. The van der Waals surface area contributed by atoms with Gasteiger partial charge in [-0.05, 0) is 76.6 Å². The van der Waals surface area contributed by atoms with Crippen LogP contribution < -0.4 is 26.2 Å².